The molecule has 6 N–H and O–H groups in total. The first kappa shape index (κ1) is 40.6. The number of carbonyl (C=O) groups excluding carboxylic acids is 1. The lowest BCUT2D eigenvalue weighted by atomic mass is 9.91. The van der Waals surface area contributed by atoms with Gasteiger partial charge in [-0.25, -0.2) is 4.79 Å². The van der Waals surface area contributed by atoms with E-state index in [-0.39, 0.29) is 23.9 Å². The molecule has 6 rings (SSSR count). The Morgan fingerprint density at radius 2 is 1.69 bits per heavy atom. The number of benzene rings is 2. The lowest BCUT2D eigenvalue weighted by Gasteiger charge is -2.35. The molecule has 0 bridgehead atoms. The number of esters is 1. The SMILES string of the molecule is CN(CCCOc1ccc(CCNC[C@H](O)c2ccc(O)c3[nH]c(=O)ccc23)cc1)[C@H]1CC[C@H](OC(=O)C(O)(c2cccs2)c2cccs2)CC1.O=CO. The fourth-order valence-corrected chi connectivity index (χ4v) is 8.42. The molecule has 0 unspecified atom stereocenters. The number of phenolic OH excluding ortho intramolecular Hbond substituents is 1. The van der Waals surface area contributed by atoms with Crippen LogP contribution in [0.5, 0.6) is 11.5 Å². The zero-order valence-corrected chi connectivity index (χ0v) is 31.7. The minimum absolute atomic E-state index is 0.0290. The highest BCUT2D eigenvalue weighted by molar-refractivity contribution is 7.12. The Morgan fingerprint density at radius 1 is 1.02 bits per heavy atom. The van der Waals surface area contributed by atoms with Crippen molar-refractivity contribution in [2.75, 3.05) is 33.3 Å². The molecule has 288 valence electrons. The van der Waals surface area contributed by atoms with Crippen molar-refractivity contribution in [1.29, 1.82) is 0 Å². The Balaban J connectivity index is 0.00000181. The number of rotatable bonds is 16. The lowest BCUT2D eigenvalue weighted by Crippen LogP contribution is -2.42. The van der Waals surface area contributed by atoms with Gasteiger partial charge in [-0.15, -0.1) is 22.7 Å². The van der Waals surface area contributed by atoms with E-state index in [9.17, 15) is 24.9 Å². The van der Waals surface area contributed by atoms with Gasteiger partial charge in [-0.2, -0.15) is 0 Å². The van der Waals surface area contributed by atoms with Crippen LogP contribution in [0.1, 0.15) is 59.1 Å². The molecule has 5 aromatic rings. The van der Waals surface area contributed by atoms with Crippen LogP contribution in [-0.2, 0) is 26.3 Å². The number of carbonyl (C=O) groups is 2. The number of aromatic nitrogens is 1. The Labute approximate surface area is 321 Å². The predicted molar refractivity (Wildman–Crippen MR) is 209 cm³/mol. The number of aliphatic hydroxyl groups is 2. The summed E-state index contributed by atoms with van der Waals surface area (Å²) in [4.78, 5) is 39.5. The van der Waals surface area contributed by atoms with Crippen LogP contribution in [0.2, 0.25) is 0 Å². The van der Waals surface area contributed by atoms with E-state index in [1.165, 1.54) is 34.8 Å². The minimum atomic E-state index is -1.77. The van der Waals surface area contributed by atoms with Crippen LogP contribution in [0.4, 0.5) is 0 Å². The molecule has 1 fully saturated rings. The van der Waals surface area contributed by atoms with Crippen molar-refractivity contribution < 1.29 is 39.5 Å². The van der Waals surface area contributed by atoms with E-state index in [1.54, 1.807) is 24.3 Å². The van der Waals surface area contributed by atoms with Gasteiger partial charge in [0.2, 0.25) is 11.2 Å². The second-order valence-electron chi connectivity index (χ2n) is 13.2. The number of ether oxygens (including phenoxy) is 2. The fourth-order valence-electron chi connectivity index (χ4n) is 6.70. The van der Waals surface area contributed by atoms with E-state index < -0.39 is 17.7 Å². The van der Waals surface area contributed by atoms with Crippen LogP contribution in [0, 0.1) is 0 Å². The van der Waals surface area contributed by atoms with E-state index in [0.717, 1.165) is 56.4 Å². The average Bonchev–Trinajstić information content (AvgIpc) is 3.93. The number of phenols is 1. The summed E-state index contributed by atoms with van der Waals surface area (Å²) in [6.45, 7) is 2.27. The minimum Gasteiger partial charge on any atom is -0.506 e. The molecule has 0 saturated heterocycles. The number of aromatic amines is 1. The monoisotopic (exact) mass is 777 g/mol. The molecular weight excluding hydrogens is 731 g/mol. The number of pyridine rings is 1. The Morgan fingerprint density at radius 3 is 2.31 bits per heavy atom. The van der Waals surface area contributed by atoms with Gasteiger partial charge in [0.05, 0.1) is 28.0 Å². The van der Waals surface area contributed by atoms with Crippen molar-refractivity contribution in [3.63, 3.8) is 0 Å². The van der Waals surface area contributed by atoms with Crippen LogP contribution in [0.15, 0.2) is 88.4 Å². The molecule has 1 saturated carbocycles. The number of thiophene rings is 2. The topological polar surface area (TPSA) is 182 Å². The van der Waals surface area contributed by atoms with Crippen molar-refractivity contribution in [3.05, 3.63) is 115 Å². The highest BCUT2D eigenvalue weighted by Gasteiger charge is 2.45. The Bertz CT molecular complexity index is 1920. The highest BCUT2D eigenvalue weighted by atomic mass is 32.1. The molecule has 3 aromatic heterocycles. The zero-order valence-electron chi connectivity index (χ0n) is 30.1. The van der Waals surface area contributed by atoms with Crippen LogP contribution in [-0.4, -0.2) is 88.2 Å². The number of nitrogens with zero attached hydrogens (tertiary/aromatic N) is 1. The smallest absolute Gasteiger partial charge is 0.349 e. The van der Waals surface area contributed by atoms with E-state index in [1.807, 2.05) is 35.0 Å². The normalized spacial score (nSPS) is 16.4. The third kappa shape index (κ3) is 10.3. The first-order valence-corrected chi connectivity index (χ1v) is 19.6. The van der Waals surface area contributed by atoms with Gasteiger partial charge in [0.15, 0.2) is 0 Å². The van der Waals surface area contributed by atoms with Gasteiger partial charge >= 0.3 is 5.97 Å². The van der Waals surface area contributed by atoms with Crippen molar-refractivity contribution in [2.24, 2.45) is 0 Å². The zero-order chi connectivity index (χ0) is 38.5. The number of carboxylic acid groups (broad SMARTS) is 1. The highest BCUT2D eigenvalue weighted by Crippen LogP contribution is 2.38. The molecule has 3 heterocycles. The summed E-state index contributed by atoms with van der Waals surface area (Å²) in [5, 5.41) is 46.9. The van der Waals surface area contributed by atoms with Crippen molar-refractivity contribution in [3.8, 4) is 11.5 Å². The molecule has 0 amide bonds. The number of H-pyrrole nitrogens is 1. The number of fused-ring (bicyclic) bond motifs is 1. The molecule has 1 aliphatic carbocycles. The quantitative estimate of drug-likeness (QED) is 0.0428. The third-order valence-electron chi connectivity index (χ3n) is 9.63. The molecule has 0 aliphatic heterocycles. The Kier molecular flexibility index (Phi) is 14.8. The summed E-state index contributed by atoms with van der Waals surface area (Å²) in [7, 11) is 2.14. The van der Waals surface area contributed by atoms with E-state index >= 15 is 0 Å². The first-order valence-electron chi connectivity index (χ1n) is 17.9. The fraction of sp³-hybridized carbons (Fsp3) is 0.375. The van der Waals surface area contributed by atoms with Crippen molar-refractivity contribution >= 4 is 46.0 Å². The molecular formula is C40H47N3O9S2. The number of nitrogens with one attached hydrogen (secondary N) is 2. The molecule has 1 aliphatic rings. The first-order chi connectivity index (χ1) is 26.1. The predicted octanol–water partition coefficient (Wildman–Crippen LogP) is 5.41. The van der Waals surface area contributed by atoms with Crippen LogP contribution in [0.3, 0.4) is 0 Å². The van der Waals surface area contributed by atoms with Crippen molar-refractivity contribution in [1.82, 2.24) is 15.2 Å². The second kappa shape index (κ2) is 19.7. The summed E-state index contributed by atoms with van der Waals surface area (Å²) in [6, 6.07) is 21.9. The molecule has 1 atom stereocenters. The van der Waals surface area contributed by atoms with Crippen molar-refractivity contribution in [2.45, 2.75) is 62.4 Å². The molecule has 54 heavy (non-hydrogen) atoms. The maximum absolute atomic E-state index is 13.3. The number of aliphatic hydroxyl groups excluding tert-OH is 1. The third-order valence-corrected chi connectivity index (χ3v) is 11.6. The largest absolute Gasteiger partial charge is 0.506 e. The Hall–Kier alpha value is -4.57. The number of aromatic hydroxyl groups is 1. The van der Waals surface area contributed by atoms with Gasteiger partial charge in [0.25, 0.3) is 6.47 Å². The van der Waals surface area contributed by atoms with Gasteiger partial charge in [0, 0.05) is 30.6 Å². The summed E-state index contributed by atoms with van der Waals surface area (Å²) in [6.07, 6.45) is 4.06. The summed E-state index contributed by atoms with van der Waals surface area (Å²) in [5.74, 6) is 0.205. The van der Waals surface area contributed by atoms with Crippen LogP contribution in [0.25, 0.3) is 10.9 Å². The lowest BCUT2D eigenvalue weighted by molar-refractivity contribution is -0.169. The van der Waals surface area contributed by atoms with Crippen LogP contribution >= 0.6 is 22.7 Å². The summed E-state index contributed by atoms with van der Waals surface area (Å²) >= 11 is 2.71. The molecule has 12 nitrogen and oxygen atoms in total. The molecule has 0 spiro atoms. The molecule has 0 radical (unpaired) electrons. The van der Waals surface area contributed by atoms with E-state index in [2.05, 4.69) is 34.4 Å². The summed E-state index contributed by atoms with van der Waals surface area (Å²) in [5.41, 5.74) is 0.0376. The average molecular weight is 778 g/mol. The maximum atomic E-state index is 13.3. The van der Waals surface area contributed by atoms with Gasteiger partial charge in [-0.05, 0) is 110 Å². The van der Waals surface area contributed by atoms with E-state index in [0.29, 0.717) is 52.0 Å². The summed E-state index contributed by atoms with van der Waals surface area (Å²) < 4.78 is 11.9. The van der Waals surface area contributed by atoms with E-state index in [4.69, 9.17) is 19.4 Å². The van der Waals surface area contributed by atoms with Gasteiger partial charge in [0.1, 0.15) is 17.6 Å². The second-order valence-corrected chi connectivity index (χ2v) is 15.1. The number of hydrogen-bond acceptors (Lipinski definition) is 12. The molecule has 14 heteroatoms. The molecule has 2 aromatic carbocycles. The van der Waals surface area contributed by atoms with Gasteiger partial charge in [-0.3, -0.25) is 9.59 Å². The van der Waals surface area contributed by atoms with Gasteiger partial charge < -0.3 is 45.1 Å². The maximum Gasteiger partial charge on any atom is 0.349 e. The van der Waals surface area contributed by atoms with Crippen LogP contribution < -0.4 is 15.6 Å². The van der Waals surface area contributed by atoms with Gasteiger partial charge in [-0.1, -0.05) is 30.3 Å². The standard InChI is InChI=1S/C39H45N3O7S2.CH2O2/c1-42(27-9-13-29(14-10-27)49-38(46)39(47,34-5-2-23-50-34)35-6-3-24-51-35)21-4-22-48-28-11-7-26(8-12-28)19-20-40-25-33(44)30-15-17-32(43)37-31(30)16-18-36(45)41-37;2-1-3/h2-3,5-8,11-12,15-18,23-24,27,29,33,40,43-44,47H,4,9-10,13-14,19-22,25H2,1H3,(H,41,45);1H,(H,2,3)/t27-,29-,33-;/m0./s1. The number of hydrogen-bond donors (Lipinski definition) is 6.